The summed E-state index contributed by atoms with van der Waals surface area (Å²) < 4.78 is 5.09. The van der Waals surface area contributed by atoms with E-state index in [0.29, 0.717) is 6.54 Å². The molecule has 2 rings (SSSR count). The number of aryl methyl sites for hydroxylation is 2. The topological polar surface area (TPSA) is 67.2 Å². The van der Waals surface area contributed by atoms with Crippen molar-refractivity contribution in [2.75, 3.05) is 6.54 Å². The molecule has 1 unspecified atom stereocenters. The lowest BCUT2D eigenvalue weighted by atomic mass is 9.93. The summed E-state index contributed by atoms with van der Waals surface area (Å²) in [7, 11) is 0. The number of carbonyl (C=O) groups is 1. The Morgan fingerprint density at radius 3 is 2.74 bits per heavy atom. The first-order valence-corrected chi connectivity index (χ1v) is 6.54. The molecule has 1 aliphatic heterocycles. The van der Waals surface area contributed by atoms with E-state index >= 15 is 0 Å². The number of nitrogens with one attached hydrogen (secondary N) is 2. The number of halogens is 1. The van der Waals surface area contributed by atoms with Crippen molar-refractivity contribution in [2.45, 2.75) is 52.1 Å². The van der Waals surface area contributed by atoms with Gasteiger partial charge in [-0.1, -0.05) is 12.1 Å². The fourth-order valence-electron chi connectivity index (χ4n) is 2.55. The number of carbonyl (C=O) groups excluding carboxylic acids is 1. The van der Waals surface area contributed by atoms with Gasteiger partial charge < -0.3 is 15.2 Å². The molecule has 0 aromatic carbocycles. The second-order valence-electron chi connectivity index (χ2n) is 4.95. The van der Waals surface area contributed by atoms with Crippen LogP contribution < -0.4 is 10.6 Å². The summed E-state index contributed by atoms with van der Waals surface area (Å²) in [6, 6.07) is 0. The highest BCUT2D eigenvalue weighted by Gasteiger charge is 2.38. The van der Waals surface area contributed by atoms with E-state index in [0.717, 1.165) is 42.8 Å². The Morgan fingerprint density at radius 1 is 1.53 bits per heavy atom. The van der Waals surface area contributed by atoms with E-state index in [1.807, 2.05) is 20.8 Å². The molecule has 0 bridgehead atoms. The van der Waals surface area contributed by atoms with Crippen molar-refractivity contribution in [2.24, 2.45) is 0 Å². The van der Waals surface area contributed by atoms with E-state index in [9.17, 15) is 4.79 Å². The molecule has 1 aromatic heterocycles. The average molecular weight is 288 g/mol. The van der Waals surface area contributed by atoms with Crippen LogP contribution in [-0.4, -0.2) is 23.1 Å². The van der Waals surface area contributed by atoms with Crippen molar-refractivity contribution in [3.05, 3.63) is 17.0 Å². The Balaban J connectivity index is 0.00000180. The minimum absolute atomic E-state index is 0. The second-order valence-corrected chi connectivity index (χ2v) is 4.95. The Labute approximate surface area is 119 Å². The molecule has 0 spiro atoms. The highest BCUT2D eigenvalue weighted by Crippen LogP contribution is 2.23. The molecule has 0 radical (unpaired) electrons. The summed E-state index contributed by atoms with van der Waals surface area (Å²) in [6.07, 6.45) is 2.80. The van der Waals surface area contributed by atoms with Crippen LogP contribution in [0.15, 0.2) is 4.52 Å². The summed E-state index contributed by atoms with van der Waals surface area (Å²) >= 11 is 0. The Hall–Kier alpha value is -1.07. The quantitative estimate of drug-likeness (QED) is 0.887. The molecular weight excluding hydrogens is 266 g/mol. The molecule has 5 nitrogen and oxygen atoms in total. The number of aromatic nitrogens is 1. The van der Waals surface area contributed by atoms with Crippen LogP contribution in [-0.2, 0) is 11.3 Å². The fraction of sp³-hybridized carbons (Fsp3) is 0.692. The van der Waals surface area contributed by atoms with E-state index < -0.39 is 0 Å². The lowest BCUT2D eigenvalue weighted by Gasteiger charge is -2.26. The van der Waals surface area contributed by atoms with Crippen molar-refractivity contribution in [3.8, 4) is 0 Å². The number of amides is 1. The van der Waals surface area contributed by atoms with E-state index in [1.54, 1.807) is 0 Å². The molecule has 2 heterocycles. The van der Waals surface area contributed by atoms with Crippen LogP contribution in [0.25, 0.3) is 0 Å². The van der Waals surface area contributed by atoms with Crippen molar-refractivity contribution >= 4 is 18.3 Å². The van der Waals surface area contributed by atoms with Crippen LogP contribution in [0.1, 0.15) is 43.2 Å². The maximum absolute atomic E-state index is 12.3. The molecule has 1 saturated heterocycles. The number of rotatable bonds is 4. The number of hydrogen-bond acceptors (Lipinski definition) is 4. The molecule has 1 fully saturated rings. The van der Waals surface area contributed by atoms with Crippen molar-refractivity contribution in [1.29, 1.82) is 0 Å². The molecule has 0 aliphatic carbocycles. The van der Waals surface area contributed by atoms with E-state index in [2.05, 4.69) is 15.8 Å². The van der Waals surface area contributed by atoms with Crippen molar-refractivity contribution < 1.29 is 9.32 Å². The monoisotopic (exact) mass is 287 g/mol. The Bertz CT molecular complexity index is 420. The summed E-state index contributed by atoms with van der Waals surface area (Å²) in [5, 5.41) is 10.2. The summed E-state index contributed by atoms with van der Waals surface area (Å²) in [5.41, 5.74) is 1.45. The second kappa shape index (κ2) is 6.39. The molecule has 19 heavy (non-hydrogen) atoms. The third-order valence-electron chi connectivity index (χ3n) is 3.89. The van der Waals surface area contributed by atoms with Crippen LogP contribution >= 0.6 is 12.4 Å². The zero-order valence-corrected chi connectivity index (χ0v) is 12.5. The predicted molar refractivity (Wildman–Crippen MR) is 75.3 cm³/mol. The van der Waals surface area contributed by atoms with Crippen LogP contribution in [0.5, 0.6) is 0 Å². The summed E-state index contributed by atoms with van der Waals surface area (Å²) in [5.74, 6) is 0.861. The van der Waals surface area contributed by atoms with Gasteiger partial charge in [0.1, 0.15) is 5.76 Å². The number of nitrogens with zero attached hydrogens (tertiary/aromatic N) is 1. The van der Waals surface area contributed by atoms with E-state index in [1.165, 1.54) is 0 Å². The van der Waals surface area contributed by atoms with Crippen molar-refractivity contribution in [1.82, 2.24) is 15.8 Å². The van der Waals surface area contributed by atoms with Gasteiger partial charge in [-0.3, -0.25) is 4.79 Å². The van der Waals surface area contributed by atoms with Gasteiger partial charge in [0.25, 0.3) is 0 Å². The Morgan fingerprint density at radius 2 is 2.26 bits per heavy atom. The third kappa shape index (κ3) is 3.09. The molecule has 1 aromatic rings. The fourth-order valence-corrected chi connectivity index (χ4v) is 2.55. The molecule has 1 amide bonds. The van der Waals surface area contributed by atoms with Gasteiger partial charge in [-0.25, -0.2) is 0 Å². The lowest BCUT2D eigenvalue weighted by Crippen LogP contribution is -2.52. The maximum atomic E-state index is 12.3. The van der Waals surface area contributed by atoms with Crippen LogP contribution in [0.4, 0.5) is 0 Å². The smallest absolute Gasteiger partial charge is 0.240 e. The lowest BCUT2D eigenvalue weighted by molar-refractivity contribution is -0.127. The molecule has 6 heteroatoms. The molecule has 1 atom stereocenters. The van der Waals surface area contributed by atoms with Gasteiger partial charge in [0.2, 0.25) is 5.91 Å². The van der Waals surface area contributed by atoms with Gasteiger partial charge >= 0.3 is 0 Å². The number of hydrogen-bond donors (Lipinski definition) is 2. The van der Waals surface area contributed by atoms with Gasteiger partial charge in [-0.2, -0.15) is 0 Å². The average Bonchev–Trinajstić information content (AvgIpc) is 2.96. The largest absolute Gasteiger partial charge is 0.361 e. The van der Waals surface area contributed by atoms with Crippen molar-refractivity contribution in [3.63, 3.8) is 0 Å². The normalized spacial score (nSPS) is 22.1. The highest BCUT2D eigenvalue weighted by molar-refractivity contribution is 5.86. The maximum Gasteiger partial charge on any atom is 0.240 e. The van der Waals surface area contributed by atoms with E-state index in [4.69, 9.17) is 4.52 Å². The van der Waals surface area contributed by atoms with Gasteiger partial charge in [0.15, 0.2) is 0 Å². The third-order valence-corrected chi connectivity index (χ3v) is 3.89. The SMILES string of the molecule is CCC1(C(=O)NCc2c(C)noc2C)CCCN1.Cl. The zero-order valence-electron chi connectivity index (χ0n) is 11.7. The van der Waals surface area contributed by atoms with E-state index in [-0.39, 0.29) is 23.9 Å². The minimum Gasteiger partial charge on any atom is -0.361 e. The molecule has 108 valence electrons. The minimum atomic E-state index is -0.376. The summed E-state index contributed by atoms with van der Waals surface area (Å²) in [6.45, 7) is 7.22. The standard InChI is InChI=1S/C13H21N3O2.ClH/c1-4-13(6-5-7-15-13)12(17)14-8-11-9(2)16-18-10(11)3;/h15H,4-8H2,1-3H3,(H,14,17);1H. The molecule has 1 aliphatic rings. The van der Waals surface area contributed by atoms with Gasteiger partial charge in [-0.15, -0.1) is 12.4 Å². The van der Waals surface area contributed by atoms with Gasteiger partial charge in [0.05, 0.1) is 11.2 Å². The highest BCUT2D eigenvalue weighted by atomic mass is 35.5. The Kier molecular flexibility index (Phi) is 5.38. The van der Waals surface area contributed by atoms with Crippen LogP contribution in [0.3, 0.4) is 0 Å². The predicted octanol–water partition coefficient (Wildman–Crippen LogP) is 1.86. The zero-order chi connectivity index (χ0) is 13.2. The first-order valence-electron chi connectivity index (χ1n) is 6.54. The van der Waals surface area contributed by atoms with Gasteiger partial charge in [-0.05, 0) is 39.7 Å². The van der Waals surface area contributed by atoms with Crippen LogP contribution in [0, 0.1) is 13.8 Å². The molecule has 0 saturated carbocycles. The first-order chi connectivity index (χ1) is 8.59. The molecule has 2 N–H and O–H groups in total. The molecular formula is C13H22ClN3O2. The first kappa shape index (κ1) is 16.0. The summed E-state index contributed by atoms with van der Waals surface area (Å²) in [4.78, 5) is 12.3. The van der Waals surface area contributed by atoms with Crippen LogP contribution in [0.2, 0.25) is 0 Å². The van der Waals surface area contributed by atoms with Gasteiger partial charge in [0, 0.05) is 12.1 Å².